The van der Waals surface area contributed by atoms with E-state index in [0.29, 0.717) is 11.8 Å². The lowest BCUT2D eigenvalue weighted by Gasteiger charge is -2.53. The highest BCUT2D eigenvalue weighted by Gasteiger charge is 2.53. The van der Waals surface area contributed by atoms with Crippen molar-refractivity contribution in [3.8, 4) is 5.75 Å². The highest BCUT2D eigenvalue weighted by atomic mass is 35.5. The number of halogens is 1. The zero-order chi connectivity index (χ0) is 25.3. The maximum Gasteiger partial charge on any atom is 0.303 e. The minimum absolute atomic E-state index is 0.0464. The zero-order valence-corrected chi connectivity index (χ0v) is 22.4. The summed E-state index contributed by atoms with van der Waals surface area (Å²) in [4.78, 5) is 16.5. The van der Waals surface area contributed by atoms with Crippen molar-refractivity contribution in [1.29, 1.82) is 0 Å². The Bertz CT molecular complexity index is 945. The standard InChI is InChI=1S/C28H40ClN2O4/c1-18-14-24-23(8-6-20(3)28(24,33)16-27(18)35-21(4)32)19(2)17-30-10-12-31(13-11-30)25-15-22(29)7-9-26(25)34-5/h7,9,14-16,19-20,23-24,27,33H,6,8,10-13,17H2,1-5H3/t19?,20-,23+,24-,27-,28-/m1/s1. The van der Waals surface area contributed by atoms with E-state index >= 15 is 0 Å². The first-order chi connectivity index (χ1) is 16.6. The number of benzene rings is 1. The van der Waals surface area contributed by atoms with Gasteiger partial charge in [0.2, 0.25) is 0 Å². The summed E-state index contributed by atoms with van der Waals surface area (Å²) in [5.74, 6) is 1.54. The minimum atomic E-state index is -0.946. The third-order valence-corrected chi connectivity index (χ3v) is 8.69. The topological polar surface area (TPSA) is 62.2 Å². The van der Waals surface area contributed by atoms with E-state index in [2.05, 4.69) is 29.7 Å². The normalized spacial score (nSPS) is 32.4. The highest BCUT2D eigenvalue weighted by molar-refractivity contribution is 6.30. The summed E-state index contributed by atoms with van der Waals surface area (Å²) >= 11 is 6.25. The molecule has 7 heteroatoms. The SMILES string of the molecule is COc1ccc(Cl)cc1N1CCN(CC(C)[C@@H]2CC[C@@H](C)[C@]3(O)[CH][C@@H](OC(C)=O)C(C)=C[C@H]23)CC1. The molecule has 1 radical (unpaired) electrons. The second-order valence-corrected chi connectivity index (χ2v) is 11.2. The van der Waals surface area contributed by atoms with Gasteiger partial charge < -0.3 is 19.5 Å². The third kappa shape index (κ3) is 5.50. The van der Waals surface area contributed by atoms with Crippen LogP contribution in [0.15, 0.2) is 29.8 Å². The smallest absolute Gasteiger partial charge is 0.303 e. The number of fused-ring (bicyclic) bond motifs is 1. The Hall–Kier alpha value is -1.76. The van der Waals surface area contributed by atoms with Crippen molar-refractivity contribution < 1.29 is 19.4 Å². The van der Waals surface area contributed by atoms with Crippen LogP contribution in [0.5, 0.6) is 5.75 Å². The molecule has 1 heterocycles. The van der Waals surface area contributed by atoms with Crippen LogP contribution in [0.3, 0.4) is 0 Å². The fourth-order valence-electron chi connectivity index (χ4n) is 6.38. The van der Waals surface area contributed by atoms with Crippen LogP contribution >= 0.6 is 11.6 Å². The Morgan fingerprint density at radius 2 is 1.97 bits per heavy atom. The number of carbonyl (C=O) groups excluding carboxylic acids is 1. The summed E-state index contributed by atoms with van der Waals surface area (Å²) in [6.45, 7) is 12.7. The average molecular weight is 504 g/mol. The quantitative estimate of drug-likeness (QED) is 0.452. The predicted molar refractivity (Wildman–Crippen MR) is 140 cm³/mol. The van der Waals surface area contributed by atoms with Crippen LogP contribution in [0.4, 0.5) is 5.69 Å². The van der Waals surface area contributed by atoms with Gasteiger partial charge in [0, 0.05) is 57.0 Å². The van der Waals surface area contributed by atoms with Gasteiger partial charge in [0.05, 0.1) is 18.4 Å². The monoisotopic (exact) mass is 503 g/mol. The highest BCUT2D eigenvalue weighted by Crippen LogP contribution is 2.51. The molecule has 0 spiro atoms. The molecule has 2 aliphatic carbocycles. The Labute approximate surface area is 215 Å². The van der Waals surface area contributed by atoms with E-state index < -0.39 is 11.7 Å². The summed E-state index contributed by atoms with van der Waals surface area (Å²) in [6, 6.07) is 5.78. The van der Waals surface area contributed by atoms with Gasteiger partial charge in [0.25, 0.3) is 0 Å². The van der Waals surface area contributed by atoms with Crippen molar-refractivity contribution >= 4 is 23.3 Å². The summed E-state index contributed by atoms with van der Waals surface area (Å²) in [6.07, 6.45) is 5.72. The van der Waals surface area contributed by atoms with E-state index in [1.165, 1.54) is 6.92 Å². The second kappa shape index (κ2) is 10.7. The molecule has 4 rings (SSSR count). The summed E-state index contributed by atoms with van der Waals surface area (Å²) < 4.78 is 11.1. The molecule has 0 aromatic heterocycles. The van der Waals surface area contributed by atoms with Gasteiger partial charge in [-0.25, -0.2) is 0 Å². The number of nitrogens with zero attached hydrogens (tertiary/aromatic N) is 2. The van der Waals surface area contributed by atoms with Crippen LogP contribution in [-0.4, -0.2) is 67.5 Å². The van der Waals surface area contributed by atoms with Crippen LogP contribution in [-0.2, 0) is 9.53 Å². The third-order valence-electron chi connectivity index (χ3n) is 8.45. The second-order valence-electron chi connectivity index (χ2n) is 10.7. The molecule has 1 aliphatic heterocycles. The maximum atomic E-state index is 11.8. The van der Waals surface area contributed by atoms with E-state index in [-0.39, 0.29) is 17.8 Å². The lowest BCUT2D eigenvalue weighted by Crippen LogP contribution is -2.57. The molecule has 0 amide bonds. The Kier molecular flexibility index (Phi) is 8.04. The van der Waals surface area contributed by atoms with Crippen LogP contribution in [0, 0.1) is 30.1 Å². The van der Waals surface area contributed by atoms with Gasteiger partial charge >= 0.3 is 5.97 Å². The lowest BCUT2D eigenvalue weighted by molar-refractivity contribution is -0.148. The summed E-state index contributed by atoms with van der Waals surface area (Å²) in [5, 5.41) is 12.5. The molecule has 35 heavy (non-hydrogen) atoms. The first kappa shape index (κ1) is 26.3. The number of esters is 1. The van der Waals surface area contributed by atoms with Gasteiger partial charge in [-0.2, -0.15) is 0 Å². The Balaban J connectivity index is 1.41. The predicted octanol–water partition coefficient (Wildman–Crippen LogP) is 4.60. The van der Waals surface area contributed by atoms with E-state index in [4.69, 9.17) is 21.1 Å². The molecule has 6 nitrogen and oxygen atoms in total. The molecule has 3 aliphatic rings. The molecule has 1 saturated heterocycles. The average Bonchev–Trinajstić information content (AvgIpc) is 2.81. The van der Waals surface area contributed by atoms with Crippen LogP contribution in [0.25, 0.3) is 0 Å². The number of carbonyl (C=O) groups is 1. The molecule has 193 valence electrons. The number of piperazine rings is 1. The van der Waals surface area contributed by atoms with Gasteiger partial charge in [0.1, 0.15) is 11.9 Å². The fourth-order valence-corrected chi connectivity index (χ4v) is 6.54. The maximum absolute atomic E-state index is 11.8. The van der Waals surface area contributed by atoms with Crippen molar-refractivity contribution in [2.45, 2.75) is 52.2 Å². The van der Waals surface area contributed by atoms with Crippen molar-refractivity contribution in [2.75, 3.05) is 44.7 Å². The van der Waals surface area contributed by atoms with Gasteiger partial charge in [0.15, 0.2) is 0 Å². The molecular formula is C28H40ClN2O4. The van der Waals surface area contributed by atoms with Gasteiger partial charge in [-0.05, 0) is 61.3 Å². The molecular weight excluding hydrogens is 464 g/mol. The number of rotatable bonds is 6. The minimum Gasteiger partial charge on any atom is -0.495 e. The lowest BCUT2D eigenvalue weighted by atomic mass is 9.57. The molecule has 6 atom stereocenters. The number of aliphatic hydroxyl groups is 1. The number of hydrogen-bond acceptors (Lipinski definition) is 6. The van der Waals surface area contributed by atoms with Gasteiger partial charge in [-0.15, -0.1) is 0 Å². The van der Waals surface area contributed by atoms with Crippen molar-refractivity contribution in [3.05, 3.63) is 41.3 Å². The van der Waals surface area contributed by atoms with Crippen LogP contribution in [0.1, 0.15) is 40.5 Å². The van der Waals surface area contributed by atoms with E-state index in [1.54, 1.807) is 7.11 Å². The summed E-state index contributed by atoms with van der Waals surface area (Å²) in [5.41, 5.74) is 1.13. The molecule has 1 unspecified atom stereocenters. The molecule has 1 aromatic carbocycles. The first-order valence-electron chi connectivity index (χ1n) is 12.9. The van der Waals surface area contributed by atoms with Crippen LogP contribution < -0.4 is 9.64 Å². The molecule has 1 aromatic rings. The van der Waals surface area contributed by atoms with E-state index in [9.17, 15) is 9.90 Å². The van der Waals surface area contributed by atoms with Crippen molar-refractivity contribution in [3.63, 3.8) is 0 Å². The van der Waals surface area contributed by atoms with E-state index in [0.717, 1.165) is 67.6 Å². The largest absolute Gasteiger partial charge is 0.495 e. The van der Waals surface area contributed by atoms with Crippen molar-refractivity contribution in [1.82, 2.24) is 4.90 Å². The molecule has 1 saturated carbocycles. The number of hydrogen-bond donors (Lipinski definition) is 1. The number of anilines is 1. The van der Waals surface area contributed by atoms with E-state index in [1.807, 2.05) is 31.5 Å². The fraction of sp³-hybridized carbons (Fsp3) is 0.643. The van der Waals surface area contributed by atoms with Gasteiger partial charge in [-0.3, -0.25) is 9.69 Å². The number of methoxy groups -OCH3 is 1. The zero-order valence-electron chi connectivity index (χ0n) is 21.7. The molecule has 0 bridgehead atoms. The first-order valence-corrected chi connectivity index (χ1v) is 13.2. The molecule has 1 N–H and O–H groups in total. The summed E-state index contributed by atoms with van der Waals surface area (Å²) in [7, 11) is 1.70. The van der Waals surface area contributed by atoms with Crippen LogP contribution in [0.2, 0.25) is 5.02 Å². The Morgan fingerprint density at radius 3 is 2.63 bits per heavy atom. The van der Waals surface area contributed by atoms with Crippen molar-refractivity contribution in [2.24, 2.45) is 23.7 Å². The Morgan fingerprint density at radius 1 is 1.26 bits per heavy atom. The number of ether oxygens (including phenoxy) is 2. The molecule has 2 fully saturated rings. The van der Waals surface area contributed by atoms with Gasteiger partial charge in [-0.1, -0.05) is 31.5 Å².